The van der Waals surface area contributed by atoms with Gasteiger partial charge < -0.3 is 35.0 Å². The van der Waals surface area contributed by atoms with Gasteiger partial charge in [0.1, 0.15) is 17.7 Å². The average molecular weight is 674 g/mol. The van der Waals surface area contributed by atoms with Gasteiger partial charge >= 0.3 is 6.09 Å². The van der Waals surface area contributed by atoms with Crippen LogP contribution in [0.2, 0.25) is 0 Å². The fraction of sp³-hybridized carbons (Fsp3) is 0.436. The summed E-state index contributed by atoms with van der Waals surface area (Å²) in [6.45, 7) is 5.42. The number of hydrogen-bond donors (Lipinski definition) is 4. The minimum atomic E-state index is -0.684. The number of fused-ring (bicyclic) bond motifs is 4. The van der Waals surface area contributed by atoms with Gasteiger partial charge in [-0.3, -0.25) is 4.79 Å². The Morgan fingerprint density at radius 1 is 0.900 bits per heavy atom. The van der Waals surface area contributed by atoms with Crippen molar-refractivity contribution in [3.8, 4) is 11.8 Å². The van der Waals surface area contributed by atoms with Crippen LogP contribution < -0.4 is 10.6 Å². The third-order valence-corrected chi connectivity index (χ3v) is 10.7. The molecule has 5 aromatic rings. The van der Waals surface area contributed by atoms with Crippen molar-refractivity contribution in [2.45, 2.75) is 82.6 Å². The Morgan fingerprint density at radius 3 is 2.46 bits per heavy atom. The summed E-state index contributed by atoms with van der Waals surface area (Å²) in [5.41, 5.74) is 5.58. The Balaban J connectivity index is 1.04. The van der Waals surface area contributed by atoms with Crippen LogP contribution in [0.15, 0.2) is 48.5 Å². The molecule has 3 fully saturated rings. The van der Waals surface area contributed by atoms with Gasteiger partial charge in [-0.25, -0.2) is 14.8 Å². The summed E-state index contributed by atoms with van der Waals surface area (Å²) in [6.07, 6.45) is 4.68. The Labute approximate surface area is 290 Å². The van der Waals surface area contributed by atoms with E-state index in [1.165, 1.54) is 7.11 Å². The molecule has 0 aliphatic carbocycles. The minimum Gasteiger partial charge on any atom is -0.453 e. The predicted molar refractivity (Wildman–Crippen MR) is 191 cm³/mol. The number of rotatable bonds is 5. The smallest absolute Gasteiger partial charge is 0.407 e. The summed E-state index contributed by atoms with van der Waals surface area (Å²) in [4.78, 5) is 45.4. The quantitative estimate of drug-likeness (QED) is 0.168. The van der Waals surface area contributed by atoms with Crippen molar-refractivity contribution in [2.24, 2.45) is 5.92 Å². The zero-order valence-electron chi connectivity index (χ0n) is 28.7. The summed E-state index contributed by atoms with van der Waals surface area (Å²) in [5.74, 6) is 8.31. The number of nitrogens with zero attached hydrogens (tertiary/aromatic N) is 3. The fourth-order valence-electron chi connectivity index (χ4n) is 8.02. The summed E-state index contributed by atoms with van der Waals surface area (Å²) in [7, 11) is 1.32. The number of aromatic amines is 2. The number of amides is 2. The lowest BCUT2D eigenvalue weighted by Crippen LogP contribution is -2.54. The fourth-order valence-corrected chi connectivity index (χ4v) is 8.02. The van der Waals surface area contributed by atoms with Crippen molar-refractivity contribution in [1.82, 2.24) is 35.5 Å². The number of alkyl carbamates (subject to hydrolysis) is 1. The van der Waals surface area contributed by atoms with E-state index in [1.807, 2.05) is 29.2 Å². The monoisotopic (exact) mass is 673 g/mol. The largest absolute Gasteiger partial charge is 0.453 e. The van der Waals surface area contributed by atoms with Crippen molar-refractivity contribution in [3.05, 3.63) is 71.3 Å². The molecule has 50 heavy (non-hydrogen) atoms. The van der Waals surface area contributed by atoms with Crippen LogP contribution in [-0.4, -0.2) is 75.3 Å². The number of carbonyl (C=O) groups excluding carboxylic acids is 2. The topological polar surface area (TPSA) is 137 Å². The van der Waals surface area contributed by atoms with Crippen LogP contribution in [-0.2, 0) is 14.3 Å². The molecular formula is C39H43N7O4. The summed E-state index contributed by atoms with van der Waals surface area (Å²) in [6, 6.07) is 16.3. The van der Waals surface area contributed by atoms with Crippen LogP contribution in [0.5, 0.6) is 0 Å². The maximum atomic E-state index is 14.2. The van der Waals surface area contributed by atoms with Crippen molar-refractivity contribution in [3.63, 3.8) is 0 Å². The highest BCUT2D eigenvalue weighted by molar-refractivity contribution is 6.04. The third kappa shape index (κ3) is 6.18. The molecule has 3 aliphatic rings. The van der Waals surface area contributed by atoms with Gasteiger partial charge in [-0.1, -0.05) is 24.0 Å². The lowest BCUT2D eigenvalue weighted by atomic mass is 9.90. The molecule has 0 saturated carbocycles. The zero-order valence-corrected chi connectivity index (χ0v) is 28.7. The highest BCUT2D eigenvalue weighted by atomic mass is 16.5. The molecule has 3 aliphatic heterocycles. The number of benzene rings is 3. The number of carbonyl (C=O) groups is 2. The SMILES string of the molecule is COC(=O)N[C@H](C(=O)N1[C@@H](C)CC[C@H]1c1nc2c(ccc3cc(C#Cc4ccc5nc([C@@H]6CC[C@H](C)N6)[nH]c5c4)ccc32)[nH]1)C1CCOCC1. The van der Waals surface area contributed by atoms with Crippen LogP contribution in [0.4, 0.5) is 4.79 Å². The molecule has 3 aromatic carbocycles. The molecule has 5 atom stereocenters. The van der Waals surface area contributed by atoms with E-state index in [4.69, 9.17) is 19.4 Å². The second kappa shape index (κ2) is 13.4. The molecule has 11 nitrogen and oxygen atoms in total. The van der Waals surface area contributed by atoms with E-state index in [9.17, 15) is 9.59 Å². The van der Waals surface area contributed by atoms with Crippen LogP contribution in [0.25, 0.3) is 32.8 Å². The molecule has 0 spiro atoms. The molecule has 0 bridgehead atoms. The van der Waals surface area contributed by atoms with Crippen molar-refractivity contribution < 1.29 is 19.1 Å². The molecule has 11 heteroatoms. The number of aromatic nitrogens is 4. The summed E-state index contributed by atoms with van der Waals surface area (Å²) < 4.78 is 10.4. The number of hydrogen-bond acceptors (Lipinski definition) is 7. The molecule has 2 amide bonds. The minimum absolute atomic E-state index is 0.00419. The lowest BCUT2D eigenvalue weighted by Gasteiger charge is -2.36. The van der Waals surface area contributed by atoms with Crippen molar-refractivity contribution in [1.29, 1.82) is 0 Å². The van der Waals surface area contributed by atoms with Gasteiger partial charge in [-0.05, 0) is 100 Å². The standard InChI is InChI=1S/C39H43N7O4/c1-22-4-12-31(40-22)36-41-29-13-9-25(21-32(29)43-36)7-6-24-8-11-28-27(20-24)10-14-30-35(28)44-37(42-30)33-15-5-23(2)46(33)38(47)34(45-39(48)49-3)26-16-18-50-19-17-26/h8-11,13-14,20-23,26,31,33-34,40H,4-5,12,15-19H2,1-3H3,(H,41,43)(H,42,44)(H,45,48)/t22-,23-,31-,33-,34-/m0/s1. The highest BCUT2D eigenvalue weighted by Crippen LogP contribution is 2.38. The van der Waals surface area contributed by atoms with E-state index < -0.39 is 12.1 Å². The summed E-state index contributed by atoms with van der Waals surface area (Å²) >= 11 is 0. The molecule has 258 valence electrons. The Kier molecular flexibility index (Phi) is 8.67. The van der Waals surface area contributed by atoms with Crippen LogP contribution in [0, 0.1) is 17.8 Å². The predicted octanol–water partition coefficient (Wildman–Crippen LogP) is 6.01. The van der Waals surface area contributed by atoms with Crippen LogP contribution >= 0.6 is 0 Å². The Bertz CT molecular complexity index is 2140. The van der Waals surface area contributed by atoms with Crippen LogP contribution in [0.3, 0.4) is 0 Å². The third-order valence-electron chi connectivity index (χ3n) is 10.7. The van der Waals surface area contributed by atoms with E-state index in [-0.39, 0.29) is 30.0 Å². The number of H-pyrrole nitrogens is 2. The Morgan fingerprint density at radius 2 is 1.68 bits per heavy atom. The van der Waals surface area contributed by atoms with Crippen molar-refractivity contribution >= 4 is 44.8 Å². The van der Waals surface area contributed by atoms with E-state index in [1.54, 1.807) is 0 Å². The highest BCUT2D eigenvalue weighted by Gasteiger charge is 2.43. The summed E-state index contributed by atoms with van der Waals surface area (Å²) in [5, 5.41) is 8.51. The molecule has 5 heterocycles. The second-order valence-electron chi connectivity index (χ2n) is 14.1. The average Bonchev–Trinajstić information content (AvgIpc) is 3.94. The molecule has 2 aromatic heterocycles. The van der Waals surface area contributed by atoms with E-state index in [0.29, 0.717) is 32.1 Å². The molecule has 8 rings (SSSR count). The van der Waals surface area contributed by atoms with Gasteiger partial charge in [0.15, 0.2) is 0 Å². The van der Waals surface area contributed by atoms with Crippen molar-refractivity contribution in [2.75, 3.05) is 20.3 Å². The normalized spacial score (nSPS) is 23.3. The molecule has 0 unspecified atom stereocenters. The number of ether oxygens (including phenoxy) is 2. The maximum Gasteiger partial charge on any atom is 0.407 e. The molecular weight excluding hydrogens is 630 g/mol. The first-order valence-corrected chi connectivity index (χ1v) is 17.8. The van der Waals surface area contributed by atoms with E-state index in [0.717, 1.165) is 81.3 Å². The first kappa shape index (κ1) is 32.3. The number of imidazole rings is 2. The lowest BCUT2D eigenvalue weighted by molar-refractivity contribution is -0.138. The van der Waals surface area contributed by atoms with E-state index >= 15 is 0 Å². The van der Waals surface area contributed by atoms with Crippen LogP contribution in [0.1, 0.15) is 87.2 Å². The molecule has 4 N–H and O–H groups in total. The maximum absolute atomic E-state index is 14.2. The number of nitrogens with one attached hydrogen (secondary N) is 4. The van der Waals surface area contributed by atoms with Gasteiger partial charge in [0.25, 0.3) is 0 Å². The second-order valence-corrected chi connectivity index (χ2v) is 14.1. The number of likely N-dealkylation sites (tertiary alicyclic amines) is 1. The first-order valence-electron chi connectivity index (χ1n) is 17.8. The molecule has 0 radical (unpaired) electrons. The Hall–Kier alpha value is -4.92. The van der Waals surface area contributed by atoms with Gasteiger partial charge in [0, 0.05) is 41.8 Å². The van der Waals surface area contributed by atoms with Gasteiger partial charge in [-0.2, -0.15) is 0 Å². The van der Waals surface area contributed by atoms with Gasteiger partial charge in [-0.15, -0.1) is 0 Å². The van der Waals surface area contributed by atoms with E-state index in [2.05, 4.69) is 70.6 Å². The molecule has 3 saturated heterocycles. The van der Waals surface area contributed by atoms with Gasteiger partial charge in [0.2, 0.25) is 5.91 Å². The first-order chi connectivity index (χ1) is 24.3. The zero-order chi connectivity index (χ0) is 34.4. The number of methoxy groups -OCH3 is 1. The van der Waals surface area contributed by atoms with Gasteiger partial charge in [0.05, 0.1) is 41.3 Å².